The van der Waals surface area contributed by atoms with Gasteiger partial charge in [-0.3, -0.25) is 9.79 Å². The summed E-state index contributed by atoms with van der Waals surface area (Å²) in [6, 6.07) is 7.94. The van der Waals surface area contributed by atoms with Gasteiger partial charge in [0.1, 0.15) is 5.82 Å². The zero-order valence-electron chi connectivity index (χ0n) is 15.7. The zero-order chi connectivity index (χ0) is 18.8. The first-order chi connectivity index (χ1) is 12.6. The number of carbonyl (C=O) groups is 1. The summed E-state index contributed by atoms with van der Waals surface area (Å²) in [4.78, 5) is 24.2. The van der Waals surface area contributed by atoms with Crippen LogP contribution in [-0.2, 0) is 11.2 Å². The molecule has 1 amide bonds. The van der Waals surface area contributed by atoms with Crippen molar-refractivity contribution in [3.8, 4) is 0 Å². The molecule has 2 aromatic heterocycles. The van der Waals surface area contributed by atoms with Crippen LogP contribution in [-0.4, -0.2) is 48.4 Å². The minimum Gasteiger partial charge on any atom is -0.357 e. The summed E-state index contributed by atoms with van der Waals surface area (Å²) in [6.07, 6.45) is 3.04. The van der Waals surface area contributed by atoms with Crippen molar-refractivity contribution < 1.29 is 4.79 Å². The molecule has 2 rings (SSSR count). The van der Waals surface area contributed by atoms with E-state index in [-0.39, 0.29) is 5.91 Å². The molecule has 6 nitrogen and oxygen atoms in total. The second-order valence-electron chi connectivity index (χ2n) is 6.01. The Morgan fingerprint density at radius 3 is 2.85 bits per heavy atom. The van der Waals surface area contributed by atoms with Gasteiger partial charge in [0.15, 0.2) is 5.96 Å². The highest BCUT2D eigenvalue weighted by atomic mass is 32.1. The SMILES string of the molecule is CCNC(=NCCC(=O)Nc1ccc(C)cn1)N(C)CCc1cccs1. The average Bonchev–Trinajstić information content (AvgIpc) is 3.14. The van der Waals surface area contributed by atoms with Crippen LogP contribution < -0.4 is 10.6 Å². The van der Waals surface area contributed by atoms with Crippen LogP contribution >= 0.6 is 11.3 Å². The number of amides is 1. The Labute approximate surface area is 159 Å². The van der Waals surface area contributed by atoms with Crippen molar-refractivity contribution in [1.82, 2.24) is 15.2 Å². The molecule has 0 aliphatic carbocycles. The number of nitrogens with one attached hydrogen (secondary N) is 2. The summed E-state index contributed by atoms with van der Waals surface area (Å²) in [6.45, 7) is 6.11. The molecule has 2 aromatic rings. The van der Waals surface area contributed by atoms with Crippen LogP contribution in [0, 0.1) is 6.92 Å². The third kappa shape index (κ3) is 6.84. The Morgan fingerprint density at radius 2 is 2.19 bits per heavy atom. The first-order valence-corrected chi connectivity index (χ1v) is 9.70. The lowest BCUT2D eigenvalue weighted by Gasteiger charge is -2.21. The quantitative estimate of drug-likeness (QED) is 0.551. The van der Waals surface area contributed by atoms with Gasteiger partial charge in [-0.1, -0.05) is 12.1 Å². The molecular weight excluding hydrogens is 346 g/mol. The number of pyridine rings is 1. The van der Waals surface area contributed by atoms with Gasteiger partial charge in [0, 0.05) is 37.6 Å². The number of rotatable bonds is 8. The first-order valence-electron chi connectivity index (χ1n) is 8.83. The number of likely N-dealkylation sites (N-methyl/N-ethyl adjacent to an activating group) is 1. The number of aliphatic imine (C=N–C) groups is 1. The summed E-state index contributed by atoms with van der Waals surface area (Å²) in [5.74, 6) is 1.32. The number of aryl methyl sites for hydroxylation is 1. The fourth-order valence-corrected chi connectivity index (χ4v) is 3.02. The standard InChI is InChI=1S/C19H27N5OS/c1-4-20-19(24(3)12-10-16-6-5-13-26-16)21-11-9-18(25)23-17-8-7-15(2)14-22-17/h5-8,13-14H,4,9-12H2,1-3H3,(H,20,21)(H,22,23,25). The molecule has 26 heavy (non-hydrogen) atoms. The number of thiophene rings is 1. The maximum absolute atomic E-state index is 12.0. The van der Waals surface area contributed by atoms with Gasteiger partial charge >= 0.3 is 0 Å². The van der Waals surface area contributed by atoms with Crippen molar-refractivity contribution in [2.75, 3.05) is 32.0 Å². The number of nitrogens with zero attached hydrogens (tertiary/aromatic N) is 3. The van der Waals surface area contributed by atoms with Crippen molar-refractivity contribution in [2.45, 2.75) is 26.7 Å². The summed E-state index contributed by atoms with van der Waals surface area (Å²) in [5.41, 5.74) is 1.06. The molecule has 0 spiro atoms. The predicted octanol–water partition coefficient (Wildman–Crippen LogP) is 2.92. The molecule has 0 aliphatic rings. The molecule has 0 bridgehead atoms. The van der Waals surface area contributed by atoms with Crippen LogP contribution in [0.2, 0.25) is 0 Å². The molecule has 2 heterocycles. The Balaban J connectivity index is 1.81. The van der Waals surface area contributed by atoms with Gasteiger partial charge in [-0.25, -0.2) is 4.98 Å². The van der Waals surface area contributed by atoms with Gasteiger partial charge < -0.3 is 15.5 Å². The minimum absolute atomic E-state index is 0.0813. The van der Waals surface area contributed by atoms with Crippen LogP contribution in [0.4, 0.5) is 5.82 Å². The molecule has 140 valence electrons. The third-order valence-corrected chi connectivity index (χ3v) is 4.69. The van der Waals surface area contributed by atoms with Crippen molar-refractivity contribution >= 4 is 29.0 Å². The van der Waals surface area contributed by atoms with E-state index in [1.54, 1.807) is 23.6 Å². The van der Waals surface area contributed by atoms with Crippen LogP contribution in [0.5, 0.6) is 0 Å². The summed E-state index contributed by atoms with van der Waals surface area (Å²) < 4.78 is 0. The van der Waals surface area contributed by atoms with Gasteiger partial charge in [-0.15, -0.1) is 11.3 Å². The van der Waals surface area contributed by atoms with Gasteiger partial charge in [0.05, 0.1) is 6.54 Å². The molecule has 0 aliphatic heterocycles. The van der Waals surface area contributed by atoms with Crippen molar-refractivity contribution in [2.24, 2.45) is 4.99 Å². The van der Waals surface area contributed by atoms with E-state index in [1.807, 2.05) is 27.0 Å². The smallest absolute Gasteiger partial charge is 0.227 e. The number of guanidine groups is 1. The lowest BCUT2D eigenvalue weighted by molar-refractivity contribution is -0.116. The molecule has 0 saturated carbocycles. The average molecular weight is 374 g/mol. The van der Waals surface area contributed by atoms with Crippen molar-refractivity contribution in [3.63, 3.8) is 0 Å². The number of aromatic nitrogens is 1. The highest BCUT2D eigenvalue weighted by molar-refractivity contribution is 7.09. The molecule has 0 aromatic carbocycles. The normalized spacial score (nSPS) is 11.3. The first kappa shape index (κ1) is 19.9. The topological polar surface area (TPSA) is 69.6 Å². The van der Waals surface area contributed by atoms with E-state index < -0.39 is 0 Å². The Bertz CT molecular complexity index is 697. The Hall–Kier alpha value is -2.41. The van der Waals surface area contributed by atoms with E-state index in [0.717, 1.165) is 31.0 Å². The molecule has 0 unspecified atom stereocenters. The molecule has 0 atom stereocenters. The highest BCUT2D eigenvalue weighted by Crippen LogP contribution is 2.09. The van der Waals surface area contributed by atoms with Crippen LogP contribution in [0.25, 0.3) is 0 Å². The third-order valence-electron chi connectivity index (χ3n) is 3.75. The molecule has 0 fully saturated rings. The van der Waals surface area contributed by atoms with E-state index in [4.69, 9.17) is 0 Å². The Kier molecular flexibility index (Phi) is 8.08. The fraction of sp³-hybridized carbons (Fsp3) is 0.421. The Morgan fingerprint density at radius 1 is 1.35 bits per heavy atom. The van der Waals surface area contributed by atoms with Crippen LogP contribution in [0.1, 0.15) is 23.8 Å². The second kappa shape index (κ2) is 10.6. The molecule has 0 saturated heterocycles. The van der Waals surface area contributed by atoms with Gasteiger partial charge in [-0.05, 0) is 43.3 Å². The monoisotopic (exact) mass is 373 g/mol. The molecule has 0 radical (unpaired) electrons. The van der Waals surface area contributed by atoms with Gasteiger partial charge in [0.25, 0.3) is 0 Å². The van der Waals surface area contributed by atoms with E-state index in [9.17, 15) is 4.79 Å². The van der Waals surface area contributed by atoms with Gasteiger partial charge in [0.2, 0.25) is 5.91 Å². The molecular formula is C19H27N5OS. The van der Waals surface area contributed by atoms with Crippen molar-refractivity contribution in [3.05, 3.63) is 46.3 Å². The lowest BCUT2D eigenvalue weighted by atomic mass is 10.3. The van der Waals surface area contributed by atoms with Gasteiger partial charge in [-0.2, -0.15) is 0 Å². The molecule has 7 heteroatoms. The maximum atomic E-state index is 12.0. The van der Waals surface area contributed by atoms with E-state index >= 15 is 0 Å². The second-order valence-corrected chi connectivity index (χ2v) is 7.04. The van der Waals surface area contributed by atoms with E-state index in [0.29, 0.717) is 18.8 Å². The lowest BCUT2D eigenvalue weighted by Crippen LogP contribution is -2.40. The zero-order valence-corrected chi connectivity index (χ0v) is 16.5. The number of hydrogen-bond donors (Lipinski definition) is 2. The van der Waals surface area contributed by atoms with E-state index in [2.05, 4.69) is 43.0 Å². The number of hydrogen-bond acceptors (Lipinski definition) is 4. The minimum atomic E-state index is -0.0813. The largest absolute Gasteiger partial charge is 0.357 e. The highest BCUT2D eigenvalue weighted by Gasteiger charge is 2.07. The maximum Gasteiger partial charge on any atom is 0.227 e. The van der Waals surface area contributed by atoms with Crippen molar-refractivity contribution in [1.29, 1.82) is 0 Å². The summed E-state index contributed by atoms with van der Waals surface area (Å²) in [7, 11) is 2.02. The van der Waals surface area contributed by atoms with Crippen LogP contribution in [0.15, 0.2) is 40.8 Å². The van der Waals surface area contributed by atoms with Crippen LogP contribution in [0.3, 0.4) is 0 Å². The predicted molar refractivity (Wildman–Crippen MR) is 109 cm³/mol. The number of carbonyl (C=O) groups excluding carboxylic acids is 1. The van der Waals surface area contributed by atoms with E-state index in [1.165, 1.54) is 4.88 Å². The molecule has 2 N–H and O–H groups in total. The summed E-state index contributed by atoms with van der Waals surface area (Å²) in [5, 5.41) is 8.17. The number of anilines is 1. The fourth-order valence-electron chi connectivity index (χ4n) is 2.32. The summed E-state index contributed by atoms with van der Waals surface area (Å²) >= 11 is 1.77.